The van der Waals surface area contributed by atoms with Crippen molar-refractivity contribution in [3.63, 3.8) is 0 Å². The van der Waals surface area contributed by atoms with Crippen LogP contribution in [0.4, 0.5) is 13.2 Å². The van der Waals surface area contributed by atoms with E-state index in [1.807, 2.05) is 12.1 Å². The van der Waals surface area contributed by atoms with Crippen molar-refractivity contribution in [2.45, 2.75) is 31.6 Å². The number of thioether (sulfide) groups is 1. The van der Waals surface area contributed by atoms with E-state index in [1.54, 1.807) is 18.3 Å². The van der Waals surface area contributed by atoms with Gasteiger partial charge >= 0.3 is 6.18 Å². The van der Waals surface area contributed by atoms with E-state index in [1.165, 1.54) is 28.6 Å². The van der Waals surface area contributed by atoms with Gasteiger partial charge in [0, 0.05) is 17.0 Å². The van der Waals surface area contributed by atoms with Gasteiger partial charge in [-0.2, -0.15) is 18.3 Å². The summed E-state index contributed by atoms with van der Waals surface area (Å²) in [5, 5.41) is 8.64. The predicted molar refractivity (Wildman–Crippen MR) is 139 cm³/mol. The standard InChI is InChI=1S/C26H23ClF3N5OS/c27-19-3-2-17(20(11-19)26(28,29)30)13-35-22-4-1-15(9-18(22)12-31-35)10-23-24(36)33-25(37-23)32-21-14-34-7-5-16(21)6-8-34/h1-4,9-12,16,21H,5-8,13-14H2,(H,32,33,36)/t21-/m0/s1. The Kier molecular flexibility index (Phi) is 6.29. The fourth-order valence-corrected chi connectivity index (χ4v) is 6.35. The van der Waals surface area contributed by atoms with Crippen LogP contribution in [0.1, 0.15) is 29.5 Å². The van der Waals surface area contributed by atoms with Crippen molar-refractivity contribution in [1.82, 2.24) is 20.0 Å². The lowest BCUT2D eigenvalue weighted by atomic mass is 9.84. The summed E-state index contributed by atoms with van der Waals surface area (Å²) in [6, 6.07) is 9.49. The minimum Gasteiger partial charge on any atom is -0.301 e. The van der Waals surface area contributed by atoms with E-state index in [-0.39, 0.29) is 29.1 Å². The molecule has 2 aromatic carbocycles. The molecule has 1 aromatic heterocycles. The van der Waals surface area contributed by atoms with E-state index in [0.29, 0.717) is 21.5 Å². The Morgan fingerprint density at radius 2 is 2.00 bits per heavy atom. The van der Waals surface area contributed by atoms with Gasteiger partial charge < -0.3 is 10.2 Å². The van der Waals surface area contributed by atoms with Gasteiger partial charge in [0.1, 0.15) is 0 Å². The summed E-state index contributed by atoms with van der Waals surface area (Å²) >= 11 is 7.15. The Balaban J connectivity index is 1.21. The highest BCUT2D eigenvalue weighted by Gasteiger charge is 2.36. The van der Waals surface area contributed by atoms with Crippen molar-refractivity contribution in [3.8, 4) is 0 Å². The number of hydrogen-bond donors (Lipinski definition) is 1. The molecule has 6 nitrogen and oxygen atoms in total. The van der Waals surface area contributed by atoms with Crippen LogP contribution in [0.3, 0.4) is 0 Å². The monoisotopic (exact) mass is 545 g/mol. The Bertz CT molecular complexity index is 1440. The third-order valence-corrected chi connectivity index (χ3v) is 8.38. The number of carbonyl (C=O) groups excluding carboxylic acids is 1. The summed E-state index contributed by atoms with van der Waals surface area (Å²) in [6.07, 6.45) is 1.22. The summed E-state index contributed by atoms with van der Waals surface area (Å²) in [4.78, 5) is 20.4. The van der Waals surface area contributed by atoms with Gasteiger partial charge in [0.05, 0.1) is 34.8 Å². The summed E-state index contributed by atoms with van der Waals surface area (Å²) in [5.74, 6) is 0.408. The molecule has 11 heteroatoms. The van der Waals surface area contributed by atoms with E-state index < -0.39 is 11.7 Å². The number of amides is 1. The van der Waals surface area contributed by atoms with Gasteiger partial charge in [0.15, 0.2) is 5.17 Å². The number of carbonyl (C=O) groups is 1. The first-order chi connectivity index (χ1) is 17.7. The highest BCUT2D eigenvalue weighted by Crippen LogP contribution is 2.35. The number of piperidine rings is 3. The van der Waals surface area contributed by atoms with E-state index in [0.717, 1.165) is 49.5 Å². The van der Waals surface area contributed by atoms with E-state index in [9.17, 15) is 18.0 Å². The molecule has 192 valence electrons. The number of aliphatic imine (C=N–C) groups is 1. The maximum atomic E-state index is 13.5. The molecule has 37 heavy (non-hydrogen) atoms. The fourth-order valence-electron chi connectivity index (χ4n) is 5.30. The maximum absolute atomic E-state index is 13.5. The number of alkyl halides is 3. The first-order valence-corrected chi connectivity index (χ1v) is 13.2. The molecule has 5 heterocycles. The second-order valence-corrected chi connectivity index (χ2v) is 11.1. The van der Waals surface area contributed by atoms with E-state index >= 15 is 0 Å². The smallest absolute Gasteiger partial charge is 0.301 e. The molecular weight excluding hydrogens is 523 g/mol. The van der Waals surface area contributed by atoms with Gasteiger partial charge in [-0.25, -0.2) is 0 Å². The van der Waals surface area contributed by atoms with Gasteiger partial charge in [0.2, 0.25) is 0 Å². The van der Waals surface area contributed by atoms with Crippen LogP contribution in [-0.4, -0.2) is 51.4 Å². The van der Waals surface area contributed by atoms with Crippen LogP contribution in [0.2, 0.25) is 5.02 Å². The molecule has 0 unspecified atom stereocenters. The third kappa shape index (κ3) is 5.02. The van der Waals surface area contributed by atoms with Crippen LogP contribution >= 0.6 is 23.4 Å². The molecule has 1 N–H and O–H groups in total. The number of halogens is 4. The molecule has 3 aromatic rings. The van der Waals surface area contributed by atoms with Crippen LogP contribution < -0.4 is 5.32 Å². The molecule has 4 aliphatic rings. The van der Waals surface area contributed by atoms with Crippen LogP contribution in [0.5, 0.6) is 0 Å². The minimum atomic E-state index is -4.52. The lowest BCUT2D eigenvalue weighted by Gasteiger charge is -2.43. The summed E-state index contributed by atoms with van der Waals surface area (Å²) in [7, 11) is 0. The SMILES string of the molecule is O=C1NC(=N[C@H]2CN3CCC2CC3)SC1=Cc1ccc2c(cnn2Cc2ccc(Cl)cc2C(F)(F)F)c1. The van der Waals surface area contributed by atoms with Crippen molar-refractivity contribution >= 4 is 51.4 Å². The van der Waals surface area contributed by atoms with Gasteiger partial charge in [-0.05, 0) is 85.1 Å². The third-order valence-electron chi connectivity index (χ3n) is 7.22. The molecule has 4 aliphatic heterocycles. The molecule has 0 saturated carbocycles. The highest BCUT2D eigenvalue weighted by atomic mass is 35.5. The second kappa shape index (κ2) is 9.49. The molecule has 0 radical (unpaired) electrons. The zero-order valence-corrected chi connectivity index (χ0v) is 21.2. The molecular formula is C26H23ClF3N5OS. The topological polar surface area (TPSA) is 62.5 Å². The molecule has 7 rings (SSSR count). The van der Waals surface area contributed by atoms with Crippen molar-refractivity contribution in [2.75, 3.05) is 19.6 Å². The minimum absolute atomic E-state index is 0.0323. The summed E-state index contributed by atoms with van der Waals surface area (Å²) in [5.41, 5.74) is 0.807. The number of amidine groups is 1. The van der Waals surface area contributed by atoms with Crippen LogP contribution in [0.25, 0.3) is 17.0 Å². The zero-order chi connectivity index (χ0) is 25.7. The lowest BCUT2D eigenvalue weighted by molar-refractivity contribution is -0.138. The molecule has 4 fully saturated rings. The average Bonchev–Trinajstić information content (AvgIpc) is 3.42. The van der Waals surface area contributed by atoms with Gasteiger partial charge in [-0.15, -0.1) is 0 Å². The number of fused-ring (bicyclic) bond motifs is 4. The number of rotatable bonds is 4. The Morgan fingerprint density at radius 3 is 2.73 bits per heavy atom. The Hall–Kier alpha value is -2.82. The highest BCUT2D eigenvalue weighted by molar-refractivity contribution is 8.18. The van der Waals surface area contributed by atoms with Gasteiger partial charge in [0.25, 0.3) is 5.91 Å². The number of nitrogens with one attached hydrogen (secondary N) is 1. The van der Waals surface area contributed by atoms with Gasteiger partial charge in [-0.3, -0.25) is 14.5 Å². The zero-order valence-electron chi connectivity index (χ0n) is 19.6. The molecule has 1 amide bonds. The molecule has 1 atom stereocenters. The molecule has 2 bridgehead atoms. The van der Waals surface area contributed by atoms with Crippen LogP contribution in [0.15, 0.2) is 52.5 Å². The lowest BCUT2D eigenvalue weighted by Crippen LogP contribution is -2.50. The fraction of sp³-hybridized carbons (Fsp3) is 0.346. The number of benzene rings is 2. The first-order valence-electron chi connectivity index (χ1n) is 12.1. The number of nitrogens with zero attached hydrogens (tertiary/aromatic N) is 4. The number of aromatic nitrogens is 2. The average molecular weight is 546 g/mol. The molecule has 4 saturated heterocycles. The van der Waals surface area contributed by atoms with Crippen molar-refractivity contribution in [2.24, 2.45) is 10.9 Å². The Morgan fingerprint density at radius 1 is 1.19 bits per heavy atom. The Labute approximate surface area is 220 Å². The van der Waals surface area contributed by atoms with Gasteiger partial charge in [-0.1, -0.05) is 23.7 Å². The molecule has 0 spiro atoms. The largest absolute Gasteiger partial charge is 0.416 e. The molecule has 0 aliphatic carbocycles. The summed E-state index contributed by atoms with van der Waals surface area (Å²) < 4.78 is 42.1. The van der Waals surface area contributed by atoms with Crippen LogP contribution in [0, 0.1) is 5.92 Å². The quantitative estimate of drug-likeness (QED) is 0.445. The van der Waals surface area contributed by atoms with E-state index in [2.05, 4.69) is 15.3 Å². The number of hydrogen-bond acceptors (Lipinski definition) is 5. The second-order valence-electron chi connectivity index (χ2n) is 9.62. The van der Waals surface area contributed by atoms with E-state index in [4.69, 9.17) is 16.6 Å². The van der Waals surface area contributed by atoms with Crippen LogP contribution in [-0.2, 0) is 17.5 Å². The summed E-state index contributed by atoms with van der Waals surface area (Å²) in [6.45, 7) is 3.18. The first kappa shape index (κ1) is 24.5. The maximum Gasteiger partial charge on any atom is 0.416 e. The van der Waals surface area contributed by atoms with Crippen molar-refractivity contribution in [3.05, 3.63) is 69.2 Å². The van der Waals surface area contributed by atoms with Crippen molar-refractivity contribution in [1.29, 1.82) is 0 Å². The predicted octanol–water partition coefficient (Wildman–Crippen LogP) is 5.41. The normalized spacial score (nSPS) is 25.9. The van der Waals surface area contributed by atoms with Crippen molar-refractivity contribution < 1.29 is 18.0 Å².